The van der Waals surface area contributed by atoms with Crippen LogP contribution in [0.1, 0.15) is 48.0 Å². The molecule has 1 aliphatic carbocycles. The van der Waals surface area contributed by atoms with Crippen molar-refractivity contribution < 1.29 is 19.1 Å². The summed E-state index contributed by atoms with van der Waals surface area (Å²) in [6, 6.07) is 7.65. The highest BCUT2D eigenvalue weighted by molar-refractivity contribution is 7.99. The molecule has 1 aliphatic rings. The summed E-state index contributed by atoms with van der Waals surface area (Å²) in [5.41, 5.74) is 2.40. The van der Waals surface area contributed by atoms with Gasteiger partial charge >= 0.3 is 5.97 Å². The lowest BCUT2D eigenvalue weighted by Crippen LogP contribution is -2.18. The monoisotopic (exact) mass is 514 g/mol. The number of carbonyl (C=O) groups is 2. The quantitative estimate of drug-likeness (QED) is 0.315. The fraction of sp³-hybridized carbons (Fsp3) is 0.440. The highest BCUT2D eigenvalue weighted by Crippen LogP contribution is 2.40. The van der Waals surface area contributed by atoms with Gasteiger partial charge in [-0.2, -0.15) is 0 Å². The molecular formula is C25H30N4O4S2. The molecule has 0 saturated heterocycles. The summed E-state index contributed by atoms with van der Waals surface area (Å²) < 4.78 is 12.7. The molecule has 1 N–H and O–H groups in total. The molecule has 0 aliphatic heterocycles. The first kappa shape index (κ1) is 25.2. The molecule has 4 rings (SSSR count). The minimum absolute atomic E-state index is 0.144. The lowest BCUT2D eigenvalue weighted by Gasteiger charge is -2.18. The van der Waals surface area contributed by atoms with Gasteiger partial charge in [-0.05, 0) is 56.7 Å². The van der Waals surface area contributed by atoms with Crippen molar-refractivity contribution in [3.8, 4) is 17.1 Å². The smallest absolute Gasteiger partial charge is 0.341 e. The van der Waals surface area contributed by atoms with Crippen LogP contribution in [0.15, 0.2) is 29.4 Å². The molecule has 2 heterocycles. The fourth-order valence-electron chi connectivity index (χ4n) is 4.26. The maximum Gasteiger partial charge on any atom is 0.341 e. The topological polar surface area (TPSA) is 95.3 Å². The van der Waals surface area contributed by atoms with Gasteiger partial charge in [0, 0.05) is 11.4 Å². The number of benzene rings is 1. The molecule has 1 atom stereocenters. The molecule has 0 spiro atoms. The van der Waals surface area contributed by atoms with Crippen molar-refractivity contribution in [1.29, 1.82) is 0 Å². The van der Waals surface area contributed by atoms with Gasteiger partial charge in [0.1, 0.15) is 10.8 Å². The Morgan fingerprint density at radius 2 is 2.06 bits per heavy atom. The largest absolute Gasteiger partial charge is 0.496 e. The number of anilines is 1. The molecule has 0 saturated carbocycles. The van der Waals surface area contributed by atoms with E-state index in [1.165, 1.54) is 28.0 Å². The van der Waals surface area contributed by atoms with Gasteiger partial charge in [-0.15, -0.1) is 21.5 Å². The lowest BCUT2D eigenvalue weighted by molar-refractivity contribution is -0.113. The van der Waals surface area contributed by atoms with E-state index in [1.54, 1.807) is 14.0 Å². The van der Waals surface area contributed by atoms with E-state index >= 15 is 0 Å². The minimum atomic E-state index is -0.366. The van der Waals surface area contributed by atoms with E-state index in [0.29, 0.717) is 46.4 Å². The maximum atomic E-state index is 12.9. The van der Waals surface area contributed by atoms with Crippen LogP contribution < -0.4 is 10.1 Å². The zero-order chi connectivity index (χ0) is 24.9. The summed E-state index contributed by atoms with van der Waals surface area (Å²) in [6.45, 7) is 6.95. The first-order valence-corrected chi connectivity index (χ1v) is 13.6. The number of nitrogens with one attached hydrogen (secondary N) is 1. The number of thiophene rings is 1. The molecule has 186 valence electrons. The molecule has 0 fully saturated rings. The maximum absolute atomic E-state index is 12.9. The van der Waals surface area contributed by atoms with E-state index in [0.717, 1.165) is 30.4 Å². The number of para-hydroxylation sites is 1. The van der Waals surface area contributed by atoms with Crippen molar-refractivity contribution in [3.05, 3.63) is 40.3 Å². The van der Waals surface area contributed by atoms with Crippen molar-refractivity contribution in [3.63, 3.8) is 0 Å². The van der Waals surface area contributed by atoms with Crippen LogP contribution in [0.5, 0.6) is 5.75 Å². The first-order valence-electron chi connectivity index (χ1n) is 11.8. The first-order chi connectivity index (χ1) is 17.0. The Morgan fingerprint density at radius 1 is 1.26 bits per heavy atom. The number of amides is 1. The Bertz CT molecular complexity index is 1220. The van der Waals surface area contributed by atoms with Gasteiger partial charge < -0.3 is 19.4 Å². The average Bonchev–Trinajstić information content (AvgIpc) is 3.42. The van der Waals surface area contributed by atoms with Gasteiger partial charge in [0.15, 0.2) is 11.0 Å². The van der Waals surface area contributed by atoms with Crippen LogP contribution in [0.2, 0.25) is 0 Å². The zero-order valence-corrected chi connectivity index (χ0v) is 22.1. The van der Waals surface area contributed by atoms with Gasteiger partial charge in [0.25, 0.3) is 0 Å². The van der Waals surface area contributed by atoms with E-state index in [1.807, 2.05) is 35.8 Å². The molecule has 2 aromatic heterocycles. The highest BCUT2D eigenvalue weighted by atomic mass is 32.2. The minimum Gasteiger partial charge on any atom is -0.496 e. The highest BCUT2D eigenvalue weighted by Gasteiger charge is 2.29. The normalized spacial score (nSPS) is 14.9. The predicted molar refractivity (Wildman–Crippen MR) is 139 cm³/mol. The van der Waals surface area contributed by atoms with Crippen LogP contribution in [0, 0.1) is 5.92 Å². The average molecular weight is 515 g/mol. The number of rotatable bonds is 9. The summed E-state index contributed by atoms with van der Waals surface area (Å²) in [6.07, 6.45) is 2.78. The van der Waals surface area contributed by atoms with Crippen molar-refractivity contribution in [2.45, 2.75) is 51.7 Å². The van der Waals surface area contributed by atoms with Crippen LogP contribution in [0.3, 0.4) is 0 Å². The van der Waals surface area contributed by atoms with E-state index in [-0.39, 0.29) is 17.6 Å². The number of aromatic nitrogens is 3. The van der Waals surface area contributed by atoms with Crippen LogP contribution in [-0.2, 0) is 28.9 Å². The number of fused-ring (bicyclic) bond motifs is 1. The lowest BCUT2D eigenvalue weighted by atomic mass is 9.88. The number of nitrogens with zero attached hydrogens (tertiary/aromatic N) is 3. The van der Waals surface area contributed by atoms with Gasteiger partial charge in [0.2, 0.25) is 5.91 Å². The zero-order valence-electron chi connectivity index (χ0n) is 20.4. The summed E-state index contributed by atoms with van der Waals surface area (Å²) in [7, 11) is 1.62. The van der Waals surface area contributed by atoms with Crippen molar-refractivity contribution in [2.24, 2.45) is 5.92 Å². The van der Waals surface area contributed by atoms with Crippen molar-refractivity contribution in [1.82, 2.24) is 14.8 Å². The molecule has 8 nitrogen and oxygen atoms in total. The van der Waals surface area contributed by atoms with Gasteiger partial charge in [-0.3, -0.25) is 4.79 Å². The molecule has 1 amide bonds. The number of thioether (sulfide) groups is 1. The Morgan fingerprint density at radius 3 is 2.80 bits per heavy atom. The molecule has 35 heavy (non-hydrogen) atoms. The van der Waals surface area contributed by atoms with Gasteiger partial charge in [-0.25, -0.2) is 4.79 Å². The third-order valence-electron chi connectivity index (χ3n) is 5.96. The van der Waals surface area contributed by atoms with Gasteiger partial charge in [0.05, 0.1) is 30.6 Å². The SMILES string of the molecule is CCOC(=O)c1c(NC(=O)CSc2nnc(-c3ccccc3OC)n2CC)sc2c1CCC(C)C2. The standard InChI is InChI=1S/C25H30N4O4S2/c1-5-29-22(16-9-7-8-10-18(16)32-4)27-28-25(29)34-14-20(30)26-23-21(24(31)33-6-2)17-12-11-15(3)13-19(17)35-23/h7-10,15H,5-6,11-14H2,1-4H3,(H,26,30). The molecule has 0 radical (unpaired) electrons. The number of hydrogen-bond acceptors (Lipinski definition) is 8. The van der Waals surface area contributed by atoms with E-state index in [2.05, 4.69) is 22.4 Å². The number of methoxy groups -OCH3 is 1. The Labute approximate surface area is 213 Å². The third kappa shape index (κ3) is 5.38. The number of esters is 1. The van der Waals surface area contributed by atoms with Crippen molar-refractivity contribution >= 4 is 40.0 Å². The van der Waals surface area contributed by atoms with Crippen LogP contribution >= 0.6 is 23.1 Å². The fourth-order valence-corrected chi connectivity index (χ4v) is 6.48. The van der Waals surface area contributed by atoms with E-state index in [4.69, 9.17) is 9.47 Å². The second-order valence-corrected chi connectivity index (χ2v) is 10.4. The van der Waals surface area contributed by atoms with E-state index in [9.17, 15) is 9.59 Å². The van der Waals surface area contributed by atoms with Gasteiger partial charge in [-0.1, -0.05) is 30.8 Å². The van der Waals surface area contributed by atoms with Crippen molar-refractivity contribution in [2.75, 3.05) is 24.8 Å². The second-order valence-electron chi connectivity index (χ2n) is 8.36. The molecule has 1 unspecified atom stereocenters. The molecule has 0 bridgehead atoms. The molecule has 1 aromatic carbocycles. The summed E-state index contributed by atoms with van der Waals surface area (Å²) in [4.78, 5) is 26.8. The number of ether oxygens (including phenoxy) is 2. The summed E-state index contributed by atoms with van der Waals surface area (Å²) in [5, 5.41) is 12.9. The third-order valence-corrected chi connectivity index (χ3v) is 8.09. The Balaban J connectivity index is 1.51. The van der Waals surface area contributed by atoms with E-state index < -0.39 is 0 Å². The molecular weight excluding hydrogens is 484 g/mol. The van der Waals surface area contributed by atoms with Crippen LogP contribution in [-0.4, -0.2) is 46.1 Å². The molecule has 10 heteroatoms. The van der Waals surface area contributed by atoms with Crippen LogP contribution in [0.4, 0.5) is 5.00 Å². The Kier molecular flexibility index (Phi) is 8.12. The predicted octanol–water partition coefficient (Wildman–Crippen LogP) is 5.07. The second kappa shape index (κ2) is 11.3. The van der Waals surface area contributed by atoms with Crippen LogP contribution in [0.25, 0.3) is 11.4 Å². The summed E-state index contributed by atoms with van der Waals surface area (Å²) >= 11 is 2.81. The number of carbonyl (C=O) groups excluding carboxylic acids is 2. The number of hydrogen-bond donors (Lipinski definition) is 1. The summed E-state index contributed by atoms with van der Waals surface area (Å²) in [5.74, 6) is 1.55. The molecule has 3 aromatic rings. The Hall–Kier alpha value is -2.85.